The lowest BCUT2D eigenvalue weighted by atomic mass is 9.91. The van der Waals surface area contributed by atoms with Crippen molar-refractivity contribution in [2.24, 2.45) is 0 Å². The third-order valence-electron chi connectivity index (χ3n) is 6.78. The Morgan fingerprint density at radius 3 is 2.21 bits per heavy atom. The highest BCUT2D eigenvalue weighted by Crippen LogP contribution is 2.44. The molecule has 1 heterocycles. The first-order valence-electron chi connectivity index (χ1n) is 11.4. The number of nitrogens with one attached hydrogen (secondary N) is 2. The molecule has 0 aliphatic heterocycles. The number of aliphatic carboxylic acids is 1. The van der Waals surface area contributed by atoms with Crippen LogP contribution in [0.25, 0.3) is 22.0 Å². The Hall–Kier alpha value is -4.06. The van der Waals surface area contributed by atoms with Crippen molar-refractivity contribution in [1.82, 2.24) is 10.3 Å². The minimum absolute atomic E-state index is 0.0882. The molecular formula is C28H26N2O4. The number of carboxylic acids is 1. The fourth-order valence-corrected chi connectivity index (χ4v) is 5.22. The Bertz CT molecular complexity index is 1340. The van der Waals surface area contributed by atoms with E-state index in [1.54, 1.807) is 0 Å². The topological polar surface area (TPSA) is 91.4 Å². The van der Waals surface area contributed by atoms with Crippen LogP contribution < -0.4 is 5.32 Å². The molecule has 6 heteroatoms. The Balaban J connectivity index is 1.33. The summed E-state index contributed by atoms with van der Waals surface area (Å²) in [4.78, 5) is 28.2. The molecule has 0 radical (unpaired) electrons. The molecule has 4 aromatic rings. The van der Waals surface area contributed by atoms with Gasteiger partial charge in [0.05, 0.1) is 0 Å². The summed E-state index contributed by atoms with van der Waals surface area (Å²) >= 11 is 0. The summed E-state index contributed by atoms with van der Waals surface area (Å²) in [5.74, 6) is -1.66. The molecule has 0 spiro atoms. The normalized spacial score (nSPS) is 14.3. The quantitative estimate of drug-likeness (QED) is 0.355. The molecule has 1 aliphatic rings. The molecule has 1 amide bonds. The summed E-state index contributed by atoms with van der Waals surface area (Å²) in [5.41, 5.74) is 7.18. The van der Waals surface area contributed by atoms with Gasteiger partial charge in [-0.2, -0.15) is 0 Å². The van der Waals surface area contributed by atoms with Gasteiger partial charge in [0.2, 0.25) is 0 Å². The lowest BCUT2D eigenvalue weighted by molar-refractivity contribution is -0.139. The zero-order chi connectivity index (χ0) is 23.8. The van der Waals surface area contributed by atoms with E-state index in [-0.39, 0.29) is 12.5 Å². The van der Waals surface area contributed by atoms with E-state index in [1.165, 1.54) is 0 Å². The molecule has 0 unspecified atom stereocenters. The number of aromatic nitrogens is 1. The molecular weight excluding hydrogens is 428 g/mol. The van der Waals surface area contributed by atoms with Crippen molar-refractivity contribution in [2.75, 3.05) is 6.61 Å². The van der Waals surface area contributed by atoms with Crippen molar-refractivity contribution in [3.8, 4) is 11.1 Å². The van der Waals surface area contributed by atoms with Crippen LogP contribution in [-0.4, -0.2) is 34.8 Å². The van der Waals surface area contributed by atoms with Crippen LogP contribution in [0.15, 0.2) is 72.8 Å². The lowest BCUT2D eigenvalue weighted by Gasteiger charge is -2.22. The number of amides is 1. The molecule has 6 nitrogen and oxygen atoms in total. The second-order valence-electron chi connectivity index (χ2n) is 8.78. The number of fused-ring (bicyclic) bond motifs is 4. The van der Waals surface area contributed by atoms with Gasteiger partial charge in [-0.1, -0.05) is 73.7 Å². The molecule has 1 aromatic heterocycles. The highest BCUT2D eigenvalue weighted by molar-refractivity contribution is 5.88. The van der Waals surface area contributed by atoms with Gasteiger partial charge in [-0.05, 0) is 40.8 Å². The molecule has 0 saturated carbocycles. The first-order chi connectivity index (χ1) is 16.5. The van der Waals surface area contributed by atoms with Crippen LogP contribution in [0.3, 0.4) is 0 Å². The number of alkyl carbamates (subject to hydrolysis) is 1. The van der Waals surface area contributed by atoms with Gasteiger partial charge in [0.15, 0.2) is 0 Å². The zero-order valence-electron chi connectivity index (χ0n) is 19.0. The predicted octanol–water partition coefficient (Wildman–Crippen LogP) is 5.57. The Labute approximate surface area is 197 Å². The number of H-pyrrole nitrogens is 1. The van der Waals surface area contributed by atoms with E-state index in [4.69, 9.17) is 4.74 Å². The molecule has 172 valence electrons. The molecule has 0 fully saturated rings. The Morgan fingerprint density at radius 2 is 1.56 bits per heavy atom. The number of benzene rings is 3. The minimum atomic E-state index is -1.13. The van der Waals surface area contributed by atoms with Gasteiger partial charge >= 0.3 is 12.1 Å². The van der Waals surface area contributed by atoms with Crippen molar-refractivity contribution < 1.29 is 19.4 Å². The van der Waals surface area contributed by atoms with E-state index in [9.17, 15) is 14.7 Å². The van der Waals surface area contributed by atoms with Crippen molar-refractivity contribution in [3.63, 3.8) is 0 Å². The van der Waals surface area contributed by atoms with Crippen LogP contribution in [0.4, 0.5) is 4.79 Å². The number of ether oxygens (including phenoxy) is 1. The third-order valence-corrected chi connectivity index (χ3v) is 6.78. The molecule has 34 heavy (non-hydrogen) atoms. The summed E-state index contributed by atoms with van der Waals surface area (Å²) in [7, 11) is 0. The number of aryl methyl sites for hydroxylation is 1. The first kappa shape index (κ1) is 21.8. The standard InChI is InChI=1S/C28H26N2O4/c1-16(25-17(2)29-24-14-8-7-13-22(24)25)26(27(31)32)30-28(33)34-15-23-20-11-5-3-9-18(20)19-10-4-6-12-21(19)23/h3-14,16,23,26,29H,15H2,1-2H3,(H,30,33)(H,31,32)/t16-,26-/m0/s1. The van der Waals surface area contributed by atoms with E-state index in [1.807, 2.05) is 74.5 Å². The Morgan fingerprint density at radius 1 is 0.971 bits per heavy atom. The summed E-state index contributed by atoms with van der Waals surface area (Å²) in [6.45, 7) is 3.86. The molecule has 0 bridgehead atoms. The van der Waals surface area contributed by atoms with E-state index >= 15 is 0 Å². The van der Waals surface area contributed by atoms with Crippen molar-refractivity contribution >= 4 is 23.0 Å². The van der Waals surface area contributed by atoms with Crippen LogP contribution in [0, 0.1) is 6.92 Å². The number of hydrogen-bond acceptors (Lipinski definition) is 3. The summed E-state index contributed by atoms with van der Waals surface area (Å²) in [5, 5.41) is 13.5. The second kappa shape index (κ2) is 8.71. The average molecular weight is 455 g/mol. The number of para-hydroxylation sites is 1. The maximum Gasteiger partial charge on any atom is 0.407 e. The molecule has 3 N–H and O–H groups in total. The maximum absolute atomic E-state index is 12.8. The van der Waals surface area contributed by atoms with Gasteiger partial charge in [0.25, 0.3) is 0 Å². The molecule has 5 rings (SSSR count). The number of carbonyl (C=O) groups is 2. The number of hydrogen-bond donors (Lipinski definition) is 3. The number of carboxylic acid groups (broad SMARTS) is 1. The summed E-state index contributed by atoms with van der Waals surface area (Å²) < 4.78 is 5.58. The number of aromatic amines is 1. The van der Waals surface area contributed by atoms with Crippen LogP contribution >= 0.6 is 0 Å². The van der Waals surface area contributed by atoms with E-state index in [0.29, 0.717) is 0 Å². The van der Waals surface area contributed by atoms with Gasteiger partial charge in [0, 0.05) is 28.4 Å². The van der Waals surface area contributed by atoms with Crippen LogP contribution in [0.2, 0.25) is 0 Å². The fourth-order valence-electron chi connectivity index (χ4n) is 5.22. The minimum Gasteiger partial charge on any atom is -0.480 e. The highest BCUT2D eigenvalue weighted by Gasteiger charge is 2.33. The smallest absolute Gasteiger partial charge is 0.407 e. The number of carbonyl (C=O) groups excluding carboxylic acids is 1. The van der Waals surface area contributed by atoms with Gasteiger partial charge in [0.1, 0.15) is 12.6 Å². The van der Waals surface area contributed by atoms with Gasteiger partial charge in [-0.15, -0.1) is 0 Å². The zero-order valence-corrected chi connectivity index (χ0v) is 19.0. The average Bonchev–Trinajstić information content (AvgIpc) is 3.34. The summed E-state index contributed by atoms with van der Waals surface area (Å²) in [6, 6.07) is 22.8. The van der Waals surface area contributed by atoms with Crippen molar-refractivity contribution in [3.05, 3.63) is 95.2 Å². The molecule has 1 aliphatic carbocycles. The van der Waals surface area contributed by atoms with Gasteiger partial charge in [-0.3, -0.25) is 0 Å². The van der Waals surface area contributed by atoms with E-state index in [2.05, 4.69) is 22.4 Å². The van der Waals surface area contributed by atoms with Crippen LogP contribution in [-0.2, 0) is 9.53 Å². The number of rotatable bonds is 6. The second-order valence-corrected chi connectivity index (χ2v) is 8.78. The SMILES string of the molecule is Cc1[nH]c2ccccc2c1[C@H](C)[C@H](NC(=O)OCC1c2ccccc2-c2ccccc21)C(=O)O. The van der Waals surface area contributed by atoms with Crippen LogP contribution in [0.5, 0.6) is 0 Å². The molecule has 2 atom stereocenters. The fraction of sp³-hybridized carbons (Fsp3) is 0.214. The lowest BCUT2D eigenvalue weighted by Crippen LogP contribution is -2.44. The maximum atomic E-state index is 12.8. The third kappa shape index (κ3) is 3.71. The Kier molecular flexibility index (Phi) is 5.57. The van der Waals surface area contributed by atoms with Crippen molar-refractivity contribution in [2.45, 2.75) is 31.7 Å². The largest absolute Gasteiger partial charge is 0.480 e. The highest BCUT2D eigenvalue weighted by atomic mass is 16.5. The van der Waals surface area contributed by atoms with E-state index in [0.717, 1.165) is 44.4 Å². The van der Waals surface area contributed by atoms with Gasteiger partial charge < -0.3 is 20.1 Å². The van der Waals surface area contributed by atoms with Gasteiger partial charge in [-0.25, -0.2) is 9.59 Å². The molecule has 3 aromatic carbocycles. The van der Waals surface area contributed by atoms with Crippen LogP contribution in [0.1, 0.15) is 41.1 Å². The predicted molar refractivity (Wildman–Crippen MR) is 131 cm³/mol. The summed E-state index contributed by atoms with van der Waals surface area (Å²) in [6.07, 6.45) is -0.737. The van der Waals surface area contributed by atoms with E-state index < -0.39 is 24.0 Å². The first-order valence-corrected chi connectivity index (χ1v) is 11.4. The monoisotopic (exact) mass is 454 g/mol. The molecule has 0 saturated heterocycles. The van der Waals surface area contributed by atoms with Crippen molar-refractivity contribution in [1.29, 1.82) is 0 Å².